The Bertz CT molecular complexity index is 404. The molecule has 3 nitrogen and oxygen atoms in total. The Morgan fingerprint density at radius 2 is 2.14 bits per heavy atom. The molecule has 76 valence electrons. The molecule has 2 rings (SSSR count). The van der Waals surface area contributed by atoms with E-state index in [4.69, 9.17) is 0 Å². The van der Waals surface area contributed by atoms with E-state index in [-0.39, 0.29) is 5.25 Å². The van der Waals surface area contributed by atoms with Crippen molar-refractivity contribution in [3.05, 3.63) is 36.2 Å². The Morgan fingerprint density at radius 3 is 2.86 bits per heavy atom. The second kappa shape index (κ2) is 3.61. The van der Waals surface area contributed by atoms with Gasteiger partial charge in [0, 0.05) is 11.9 Å². The molecule has 0 saturated carbocycles. The lowest BCUT2D eigenvalue weighted by molar-refractivity contribution is 0.593. The first-order chi connectivity index (χ1) is 6.70. The summed E-state index contributed by atoms with van der Waals surface area (Å²) in [5.74, 6) is 0.324. The third-order valence-electron chi connectivity index (χ3n) is 2.52. The topological polar surface area (TPSA) is 46.2 Å². The van der Waals surface area contributed by atoms with Crippen LogP contribution in [0, 0.1) is 0 Å². The van der Waals surface area contributed by atoms with E-state index in [9.17, 15) is 8.42 Å². The fourth-order valence-electron chi connectivity index (χ4n) is 1.81. The standard InChI is InChI=1S/C10H13NO2S/c12-14(13)8-4-6-10(14)9-5-2-1-3-7-11-9/h1-3,5,7,10-11H,4,6,8H2. The first-order valence-electron chi connectivity index (χ1n) is 4.72. The van der Waals surface area contributed by atoms with Crippen LogP contribution in [0.1, 0.15) is 12.8 Å². The van der Waals surface area contributed by atoms with Crippen molar-refractivity contribution in [1.29, 1.82) is 0 Å². The molecule has 2 heterocycles. The molecule has 2 aliphatic rings. The Labute approximate surface area is 84.1 Å². The minimum absolute atomic E-state index is 0.324. The van der Waals surface area contributed by atoms with Gasteiger partial charge in [-0.25, -0.2) is 8.42 Å². The highest BCUT2D eigenvalue weighted by atomic mass is 32.2. The fourth-order valence-corrected chi connectivity index (χ4v) is 3.73. The van der Waals surface area contributed by atoms with Gasteiger partial charge in [0.05, 0.1) is 5.75 Å². The molecule has 1 fully saturated rings. The number of sulfone groups is 1. The lowest BCUT2D eigenvalue weighted by Gasteiger charge is -2.13. The van der Waals surface area contributed by atoms with Crippen molar-refractivity contribution in [2.24, 2.45) is 0 Å². The smallest absolute Gasteiger partial charge is 0.158 e. The van der Waals surface area contributed by atoms with Crippen LogP contribution in [0.5, 0.6) is 0 Å². The molecule has 1 N–H and O–H groups in total. The van der Waals surface area contributed by atoms with Crippen LogP contribution in [-0.4, -0.2) is 19.4 Å². The van der Waals surface area contributed by atoms with E-state index in [1.165, 1.54) is 0 Å². The predicted octanol–water partition coefficient (Wildman–Crippen LogP) is 1.12. The Kier molecular flexibility index (Phi) is 2.46. The molecule has 1 unspecified atom stereocenters. The van der Waals surface area contributed by atoms with Crippen LogP contribution in [0.25, 0.3) is 0 Å². The van der Waals surface area contributed by atoms with Crippen LogP contribution in [0.2, 0.25) is 0 Å². The van der Waals surface area contributed by atoms with Crippen molar-refractivity contribution in [1.82, 2.24) is 5.32 Å². The zero-order valence-electron chi connectivity index (χ0n) is 7.81. The summed E-state index contributed by atoms with van der Waals surface area (Å²) in [7, 11) is -2.90. The normalized spacial score (nSPS) is 29.4. The maximum absolute atomic E-state index is 11.6. The van der Waals surface area contributed by atoms with E-state index >= 15 is 0 Å². The van der Waals surface area contributed by atoms with Gasteiger partial charge in [-0.15, -0.1) is 0 Å². The summed E-state index contributed by atoms with van der Waals surface area (Å²) < 4.78 is 23.3. The van der Waals surface area contributed by atoms with Gasteiger partial charge in [0.25, 0.3) is 0 Å². The zero-order valence-corrected chi connectivity index (χ0v) is 8.63. The Balaban J connectivity index is 2.27. The average molecular weight is 211 g/mol. The quantitative estimate of drug-likeness (QED) is 0.707. The molecule has 0 amide bonds. The van der Waals surface area contributed by atoms with Crippen molar-refractivity contribution >= 4 is 9.84 Å². The lowest BCUT2D eigenvalue weighted by atomic mass is 10.2. The maximum Gasteiger partial charge on any atom is 0.158 e. The maximum atomic E-state index is 11.6. The number of hydrogen-bond donors (Lipinski definition) is 1. The largest absolute Gasteiger partial charge is 0.364 e. The van der Waals surface area contributed by atoms with Crippen LogP contribution < -0.4 is 5.32 Å². The number of hydrogen-bond acceptors (Lipinski definition) is 3. The monoisotopic (exact) mass is 211 g/mol. The molecule has 0 spiro atoms. The molecule has 1 saturated heterocycles. The first-order valence-corrected chi connectivity index (χ1v) is 6.43. The van der Waals surface area contributed by atoms with Crippen molar-refractivity contribution in [2.75, 3.05) is 5.75 Å². The Morgan fingerprint density at radius 1 is 1.29 bits per heavy atom. The predicted molar refractivity (Wildman–Crippen MR) is 56.3 cm³/mol. The highest BCUT2D eigenvalue weighted by molar-refractivity contribution is 7.92. The van der Waals surface area contributed by atoms with Crippen LogP contribution in [0.15, 0.2) is 36.2 Å². The molecule has 14 heavy (non-hydrogen) atoms. The molecule has 1 atom stereocenters. The van der Waals surface area contributed by atoms with Crippen LogP contribution in [0.3, 0.4) is 0 Å². The molecule has 0 bridgehead atoms. The van der Waals surface area contributed by atoms with E-state index in [1.54, 1.807) is 6.20 Å². The van der Waals surface area contributed by atoms with Crippen molar-refractivity contribution in [3.63, 3.8) is 0 Å². The molecule has 0 aliphatic carbocycles. The molecule has 2 aliphatic heterocycles. The summed E-state index contributed by atoms with van der Waals surface area (Å²) in [4.78, 5) is 0. The average Bonchev–Trinajstić information content (AvgIpc) is 2.41. The summed E-state index contributed by atoms with van der Waals surface area (Å²) in [6.45, 7) is 0. The van der Waals surface area contributed by atoms with Crippen LogP contribution in [0.4, 0.5) is 0 Å². The van der Waals surface area contributed by atoms with Crippen molar-refractivity contribution in [3.8, 4) is 0 Å². The lowest BCUT2D eigenvalue weighted by Crippen LogP contribution is -2.25. The first kappa shape index (κ1) is 9.52. The highest BCUT2D eigenvalue weighted by Crippen LogP contribution is 2.25. The number of nitrogens with one attached hydrogen (secondary N) is 1. The highest BCUT2D eigenvalue weighted by Gasteiger charge is 2.33. The summed E-state index contributed by atoms with van der Waals surface area (Å²) in [6.07, 6.45) is 10.7. The molecule has 0 aromatic carbocycles. The van der Waals surface area contributed by atoms with E-state index in [0.29, 0.717) is 5.75 Å². The molecular weight excluding hydrogens is 198 g/mol. The minimum Gasteiger partial charge on any atom is -0.364 e. The van der Waals surface area contributed by atoms with E-state index < -0.39 is 9.84 Å². The van der Waals surface area contributed by atoms with Gasteiger partial charge in [0.2, 0.25) is 0 Å². The van der Waals surface area contributed by atoms with Gasteiger partial charge in [-0.3, -0.25) is 0 Å². The minimum atomic E-state index is -2.90. The summed E-state index contributed by atoms with van der Waals surface area (Å²) in [5, 5.41) is 2.69. The summed E-state index contributed by atoms with van der Waals surface area (Å²) >= 11 is 0. The number of allylic oxidation sites excluding steroid dienone is 4. The van der Waals surface area contributed by atoms with E-state index in [0.717, 1.165) is 18.5 Å². The van der Waals surface area contributed by atoms with Gasteiger partial charge in [-0.05, 0) is 25.0 Å². The molecule has 4 heteroatoms. The van der Waals surface area contributed by atoms with Crippen molar-refractivity contribution < 1.29 is 8.42 Å². The second-order valence-electron chi connectivity index (χ2n) is 3.51. The van der Waals surface area contributed by atoms with E-state index in [2.05, 4.69) is 5.32 Å². The third-order valence-corrected chi connectivity index (χ3v) is 4.73. The van der Waals surface area contributed by atoms with Crippen molar-refractivity contribution in [2.45, 2.75) is 18.1 Å². The van der Waals surface area contributed by atoms with Gasteiger partial charge in [-0.1, -0.05) is 12.2 Å². The number of rotatable bonds is 1. The van der Waals surface area contributed by atoms with Gasteiger partial charge < -0.3 is 5.32 Å². The zero-order chi connectivity index (χ0) is 10.0. The van der Waals surface area contributed by atoms with Gasteiger partial charge in [0.1, 0.15) is 5.25 Å². The third kappa shape index (κ3) is 1.75. The van der Waals surface area contributed by atoms with Gasteiger partial charge >= 0.3 is 0 Å². The van der Waals surface area contributed by atoms with Crippen LogP contribution in [-0.2, 0) is 9.84 Å². The molecular formula is C10H13NO2S. The Hall–Kier alpha value is -1.03. The SMILES string of the molecule is O=S1(=O)CCCC1C1=CC=CC=CN1. The van der Waals surface area contributed by atoms with Gasteiger partial charge in [0.15, 0.2) is 9.84 Å². The molecule has 0 aromatic rings. The molecule has 0 radical (unpaired) electrons. The molecule has 0 aromatic heterocycles. The summed E-state index contributed by atoms with van der Waals surface area (Å²) in [6, 6.07) is 0. The van der Waals surface area contributed by atoms with Crippen LogP contribution >= 0.6 is 0 Å². The van der Waals surface area contributed by atoms with Gasteiger partial charge in [-0.2, -0.15) is 0 Å². The van der Waals surface area contributed by atoms with E-state index in [1.807, 2.05) is 24.3 Å². The second-order valence-corrected chi connectivity index (χ2v) is 5.81. The fraction of sp³-hybridized carbons (Fsp3) is 0.400. The summed E-state index contributed by atoms with van der Waals surface area (Å²) in [5.41, 5.74) is 0.799.